The lowest BCUT2D eigenvalue weighted by Crippen LogP contribution is -2.35. The monoisotopic (exact) mass is 286 g/mol. The Labute approximate surface area is 118 Å². The Bertz CT molecular complexity index is 443. The largest absolute Gasteiger partial charge is 0.387 e. The lowest BCUT2D eigenvalue weighted by Gasteiger charge is -2.26. The van der Waals surface area contributed by atoms with Gasteiger partial charge in [-0.2, -0.15) is 5.26 Å². The van der Waals surface area contributed by atoms with Gasteiger partial charge in [-0.15, -0.1) is 0 Å². The van der Waals surface area contributed by atoms with Gasteiger partial charge in [0.2, 0.25) is 0 Å². The third-order valence-corrected chi connectivity index (χ3v) is 3.30. The van der Waals surface area contributed by atoms with E-state index in [0.29, 0.717) is 22.2 Å². The fraction of sp³-hybridized carbons (Fsp3) is 0.462. The first-order valence-electron chi connectivity index (χ1n) is 5.69. The highest BCUT2D eigenvalue weighted by Gasteiger charge is 2.18. The molecule has 0 aliphatic rings. The lowest BCUT2D eigenvalue weighted by molar-refractivity contribution is 0.104. The van der Waals surface area contributed by atoms with E-state index in [4.69, 9.17) is 28.5 Å². The van der Waals surface area contributed by atoms with E-state index >= 15 is 0 Å². The third kappa shape index (κ3) is 4.15. The molecule has 3 nitrogen and oxygen atoms in total. The van der Waals surface area contributed by atoms with Crippen molar-refractivity contribution < 1.29 is 5.11 Å². The molecular formula is C13H16Cl2N2O. The molecule has 18 heavy (non-hydrogen) atoms. The number of aliphatic hydroxyl groups excluding tert-OH is 1. The number of benzene rings is 1. The maximum absolute atomic E-state index is 10.2. The smallest absolute Gasteiger partial charge is 0.0931 e. The number of hydrogen-bond donors (Lipinski definition) is 1. The summed E-state index contributed by atoms with van der Waals surface area (Å²) in [5.74, 6) is 0. The topological polar surface area (TPSA) is 47.3 Å². The summed E-state index contributed by atoms with van der Waals surface area (Å²) in [5, 5.41) is 19.9. The van der Waals surface area contributed by atoms with Crippen LogP contribution in [-0.4, -0.2) is 29.1 Å². The zero-order valence-corrected chi connectivity index (χ0v) is 11.9. The van der Waals surface area contributed by atoms with E-state index < -0.39 is 6.10 Å². The van der Waals surface area contributed by atoms with Gasteiger partial charge in [0.15, 0.2) is 0 Å². The quantitative estimate of drug-likeness (QED) is 0.845. The van der Waals surface area contributed by atoms with Crippen molar-refractivity contribution in [3.05, 3.63) is 33.8 Å². The molecule has 1 aromatic carbocycles. The predicted octanol–water partition coefficient (Wildman–Crippen LogP) is 3.26. The summed E-state index contributed by atoms with van der Waals surface area (Å²) >= 11 is 11.8. The average molecular weight is 287 g/mol. The van der Waals surface area contributed by atoms with Crippen LogP contribution in [-0.2, 0) is 0 Å². The zero-order valence-electron chi connectivity index (χ0n) is 10.4. The van der Waals surface area contributed by atoms with Gasteiger partial charge in [-0.25, -0.2) is 0 Å². The zero-order chi connectivity index (χ0) is 13.7. The second kappa shape index (κ2) is 6.96. The van der Waals surface area contributed by atoms with E-state index in [0.717, 1.165) is 0 Å². The summed E-state index contributed by atoms with van der Waals surface area (Å²) in [6, 6.07) is 7.28. The van der Waals surface area contributed by atoms with Crippen LogP contribution in [0.15, 0.2) is 18.2 Å². The number of nitrogens with zero attached hydrogens (tertiary/aromatic N) is 2. The van der Waals surface area contributed by atoms with Crippen LogP contribution < -0.4 is 0 Å². The molecule has 98 valence electrons. The van der Waals surface area contributed by atoms with Crippen molar-refractivity contribution >= 4 is 23.2 Å². The molecule has 1 unspecified atom stereocenters. The fourth-order valence-electron chi connectivity index (χ4n) is 1.64. The molecule has 0 radical (unpaired) electrons. The minimum Gasteiger partial charge on any atom is -0.387 e. The molecule has 0 amide bonds. The average Bonchev–Trinajstić information content (AvgIpc) is 2.27. The Balaban J connectivity index is 2.80. The van der Waals surface area contributed by atoms with Crippen molar-refractivity contribution in [2.75, 3.05) is 13.1 Å². The maximum Gasteiger partial charge on any atom is 0.0931 e. The second-order valence-corrected chi connectivity index (χ2v) is 5.21. The Morgan fingerprint density at radius 3 is 2.56 bits per heavy atom. The lowest BCUT2D eigenvalue weighted by atomic mass is 10.1. The molecule has 0 aliphatic carbocycles. The van der Waals surface area contributed by atoms with E-state index in [2.05, 4.69) is 6.07 Å². The summed E-state index contributed by atoms with van der Waals surface area (Å²) in [6.07, 6.45) is -0.731. The molecule has 1 N–H and O–H groups in total. The molecule has 0 spiro atoms. The maximum atomic E-state index is 10.2. The number of halogens is 2. The van der Waals surface area contributed by atoms with Crippen molar-refractivity contribution in [2.24, 2.45) is 0 Å². The molecular weight excluding hydrogens is 271 g/mol. The summed E-state index contributed by atoms with van der Waals surface area (Å²) in [7, 11) is 0. The fourth-order valence-corrected chi connectivity index (χ4v) is 2.18. The number of aliphatic hydroxyl groups is 1. The van der Waals surface area contributed by atoms with Gasteiger partial charge in [0.1, 0.15) is 0 Å². The molecule has 1 atom stereocenters. The van der Waals surface area contributed by atoms with Gasteiger partial charge in [0.25, 0.3) is 0 Å². The van der Waals surface area contributed by atoms with Gasteiger partial charge in [-0.3, -0.25) is 4.90 Å². The molecule has 0 saturated heterocycles. The second-order valence-electron chi connectivity index (χ2n) is 4.36. The molecule has 0 aliphatic heterocycles. The third-order valence-electron chi connectivity index (χ3n) is 2.73. The Hall–Kier alpha value is -0.790. The number of nitriles is 1. The standard InChI is InChI=1S/C13H16Cl2N2O/c1-9(2)17(6-5-16)8-13(18)11-4-3-10(14)7-12(11)15/h3-4,7,9,13,18H,6,8H2,1-2H3. The predicted molar refractivity (Wildman–Crippen MR) is 73.7 cm³/mol. The molecule has 0 saturated carbocycles. The van der Waals surface area contributed by atoms with Crippen molar-refractivity contribution in [1.82, 2.24) is 4.90 Å². The Kier molecular flexibility index (Phi) is 5.90. The van der Waals surface area contributed by atoms with Crippen LogP contribution in [0.5, 0.6) is 0 Å². The molecule has 0 bridgehead atoms. The van der Waals surface area contributed by atoms with Crippen LogP contribution in [0.25, 0.3) is 0 Å². The van der Waals surface area contributed by atoms with Gasteiger partial charge in [-0.1, -0.05) is 29.3 Å². The van der Waals surface area contributed by atoms with Gasteiger partial charge < -0.3 is 5.11 Å². The Morgan fingerprint density at radius 1 is 1.39 bits per heavy atom. The van der Waals surface area contributed by atoms with Crippen molar-refractivity contribution in [2.45, 2.75) is 26.0 Å². The van der Waals surface area contributed by atoms with Crippen molar-refractivity contribution in [1.29, 1.82) is 5.26 Å². The molecule has 1 rings (SSSR count). The SMILES string of the molecule is CC(C)N(CC#N)CC(O)c1ccc(Cl)cc1Cl. The summed E-state index contributed by atoms with van der Waals surface area (Å²) < 4.78 is 0. The highest BCUT2D eigenvalue weighted by Crippen LogP contribution is 2.27. The van der Waals surface area contributed by atoms with Crippen LogP contribution in [0.4, 0.5) is 0 Å². The molecule has 0 heterocycles. The highest BCUT2D eigenvalue weighted by molar-refractivity contribution is 6.35. The van der Waals surface area contributed by atoms with E-state index in [1.165, 1.54) is 0 Å². The van der Waals surface area contributed by atoms with Crippen LogP contribution >= 0.6 is 23.2 Å². The number of hydrogen-bond acceptors (Lipinski definition) is 3. The van der Waals surface area contributed by atoms with Crippen LogP contribution in [0.2, 0.25) is 10.0 Å². The minimum absolute atomic E-state index is 0.186. The van der Waals surface area contributed by atoms with Crippen LogP contribution in [0.3, 0.4) is 0 Å². The molecule has 0 fully saturated rings. The normalized spacial score (nSPS) is 12.8. The van der Waals surface area contributed by atoms with Crippen LogP contribution in [0, 0.1) is 11.3 Å². The van der Waals surface area contributed by atoms with E-state index in [9.17, 15) is 5.11 Å². The first-order valence-corrected chi connectivity index (χ1v) is 6.45. The Morgan fingerprint density at radius 2 is 2.06 bits per heavy atom. The van der Waals surface area contributed by atoms with Crippen molar-refractivity contribution in [3.63, 3.8) is 0 Å². The van der Waals surface area contributed by atoms with Crippen LogP contribution in [0.1, 0.15) is 25.5 Å². The summed E-state index contributed by atoms with van der Waals surface area (Å²) in [4.78, 5) is 1.88. The van der Waals surface area contributed by atoms with Gasteiger partial charge >= 0.3 is 0 Å². The van der Waals surface area contributed by atoms with Gasteiger partial charge in [0.05, 0.1) is 18.7 Å². The van der Waals surface area contributed by atoms with Gasteiger partial charge in [-0.05, 0) is 26.0 Å². The number of rotatable bonds is 5. The minimum atomic E-state index is -0.731. The first kappa shape index (κ1) is 15.3. The molecule has 0 aromatic heterocycles. The van der Waals surface area contributed by atoms with Gasteiger partial charge in [0, 0.05) is 28.2 Å². The van der Waals surface area contributed by atoms with E-state index in [-0.39, 0.29) is 12.6 Å². The summed E-state index contributed by atoms with van der Waals surface area (Å²) in [5.41, 5.74) is 0.629. The highest BCUT2D eigenvalue weighted by atomic mass is 35.5. The first-order chi connectivity index (χ1) is 8.45. The molecule has 1 aromatic rings. The molecule has 5 heteroatoms. The van der Waals surface area contributed by atoms with Crippen molar-refractivity contribution in [3.8, 4) is 6.07 Å². The summed E-state index contributed by atoms with van der Waals surface area (Å²) in [6.45, 7) is 4.60. The van der Waals surface area contributed by atoms with E-state index in [1.807, 2.05) is 18.7 Å². The van der Waals surface area contributed by atoms with E-state index in [1.54, 1.807) is 18.2 Å².